The standard InChI is InChI=1S/C38H22N2O2S/c1-3-12-24-22(10-1)20-32-34-36(24)41-30-18-7-5-14-26(30)39(34)28-16-9-17-29-38(28)43(32)33-21-23-11-2-4-13-25(23)37-35(33)40(29)27-15-6-8-19-31(27)42-37/h1-21,43H. The van der Waals surface area contributed by atoms with Crippen LogP contribution in [0, 0.1) is 0 Å². The van der Waals surface area contributed by atoms with Gasteiger partial charge in [-0.1, -0.05) is 78.9 Å². The highest BCUT2D eigenvalue weighted by Gasteiger charge is 2.45. The maximum Gasteiger partial charge on any atom is 0.160 e. The fourth-order valence-corrected chi connectivity index (χ4v) is 10.4. The summed E-state index contributed by atoms with van der Waals surface area (Å²) in [5, 5.41) is 4.65. The Labute approximate surface area is 250 Å². The molecular formula is C38H22N2O2S. The Bertz CT molecular complexity index is 2240. The number of anilines is 6. The van der Waals surface area contributed by atoms with Gasteiger partial charge in [0.05, 0.1) is 22.7 Å². The first kappa shape index (κ1) is 22.2. The van der Waals surface area contributed by atoms with Gasteiger partial charge in [-0.05, 0) is 59.3 Å². The third-order valence-electron chi connectivity index (χ3n) is 9.17. The smallest absolute Gasteiger partial charge is 0.160 e. The van der Waals surface area contributed by atoms with Gasteiger partial charge in [-0.15, -0.1) is 0 Å². The number of rotatable bonds is 0. The molecule has 0 bridgehead atoms. The minimum atomic E-state index is -0.949. The van der Waals surface area contributed by atoms with Crippen LogP contribution in [0.1, 0.15) is 0 Å². The maximum atomic E-state index is 6.81. The molecule has 7 aromatic rings. The van der Waals surface area contributed by atoms with E-state index in [0.717, 1.165) is 56.5 Å². The van der Waals surface area contributed by atoms with E-state index in [-0.39, 0.29) is 0 Å². The van der Waals surface area contributed by atoms with Gasteiger partial charge in [0.2, 0.25) is 0 Å². The third-order valence-corrected chi connectivity index (χ3v) is 11.7. The summed E-state index contributed by atoms with van der Waals surface area (Å²) in [6.07, 6.45) is 0. The first-order valence-electron chi connectivity index (χ1n) is 14.5. The van der Waals surface area contributed by atoms with Crippen LogP contribution in [0.3, 0.4) is 0 Å². The highest BCUT2D eigenvalue weighted by Crippen LogP contribution is 2.76. The number of hydrogen-bond acceptors (Lipinski definition) is 4. The molecule has 4 nitrogen and oxygen atoms in total. The summed E-state index contributed by atoms with van der Waals surface area (Å²) in [6, 6.07) is 45.7. The molecule has 0 aromatic heterocycles. The van der Waals surface area contributed by atoms with Gasteiger partial charge in [0.25, 0.3) is 0 Å². The number of thiol groups is 1. The predicted octanol–water partition coefficient (Wildman–Crippen LogP) is 11.2. The van der Waals surface area contributed by atoms with Gasteiger partial charge in [0.15, 0.2) is 23.0 Å². The molecule has 0 atom stereocenters. The van der Waals surface area contributed by atoms with Crippen LogP contribution in [0.15, 0.2) is 142 Å². The van der Waals surface area contributed by atoms with E-state index in [1.165, 1.54) is 36.8 Å². The summed E-state index contributed by atoms with van der Waals surface area (Å²) in [5.74, 6) is 3.62. The SMILES string of the molecule is c1ccc2c(c1)Oc1c3c(cc4ccccc14)[SH]1c4cc5ccccc5c5c4N(c4ccccc4O5)c4cccc(c41)N23. The average molecular weight is 571 g/mol. The molecule has 7 aromatic carbocycles. The van der Waals surface area contributed by atoms with Gasteiger partial charge in [0, 0.05) is 25.5 Å². The summed E-state index contributed by atoms with van der Waals surface area (Å²) >= 11 is 0. The van der Waals surface area contributed by atoms with E-state index in [2.05, 4.69) is 137 Å². The molecule has 0 saturated heterocycles. The van der Waals surface area contributed by atoms with E-state index in [9.17, 15) is 0 Å². The molecular weight excluding hydrogens is 548 g/mol. The highest BCUT2D eigenvalue weighted by atomic mass is 32.2. The van der Waals surface area contributed by atoms with E-state index in [0.29, 0.717) is 0 Å². The molecule has 0 unspecified atom stereocenters. The zero-order valence-electron chi connectivity index (χ0n) is 22.8. The van der Waals surface area contributed by atoms with Crippen molar-refractivity contribution < 1.29 is 9.47 Å². The van der Waals surface area contributed by atoms with Crippen LogP contribution in [0.25, 0.3) is 21.5 Å². The van der Waals surface area contributed by atoms with Crippen molar-refractivity contribution in [3.63, 3.8) is 0 Å². The molecule has 0 N–H and O–H groups in total. The molecule has 11 rings (SSSR count). The Balaban J connectivity index is 1.34. The molecule has 0 aliphatic carbocycles. The summed E-state index contributed by atoms with van der Waals surface area (Å²) < 4.78 is 13.6. The van der Waals surface area contributed by atoms with Crippen molar-refractivity contribution in [2.45, 2.75) is 14.7 Å². The Kier molecular flexibility index (Phi) is 3.99. The van der Waals surface area contributed by atoms with E-state index < -0.39 is 10.9 Å². The number of nitrogens with zero attached hydrogens (tertiary/aromatic N) is 2. The van der Waals surface area contributed by atoms with Gasteiger partial charge in [0.1, 0.15) is 11.4 Å². The second-order valence-electron chi connectivity index (χ2n) is 11.4. The van der Waals surface area contributed by atoms with Crippen LogP contribution in [-0.4, -0.2) is 0 Å². The number of hydrogen-bond donors (Lipinski definition) is 1. The topological polar surface area (TPSA) is 24.9 Å². The van der Waals surface area contributed by atoms with Crippen LogP contribution in [0.2, 0.25) is 0 Å². The highest BCUT2D eigenvalue weighted by molar-refractivity contribution is 8.17. The normalized spacial score (nSPS) is 15.1. The lowest BCUT2D eigenvalue weighted by Gasteiger charge is -2.49. The first-order chi connectivity index (χ1) is 21.3. The third kappa shape index (κ3) is 2.65. The summed E-state index contributed by atoms with van der Waals surface area (Å²) in [4.78, 5) is 8.90. The largest absolute Gasteiger partial charge is 0.452 e. The van der Waals surface area contributed by atoms with Crippen molar-refractivity contribution in [2.75, 3.05) is 9.80 Å². The molecule has 0 radical (unpaired) electrons. The molecule has 4 aliphatic rings. The molecule has 0 amide bonds. The second-order valence-corrected chi connectivity index (χ2v) is 13.5. The summed E-state index contributed by atoms with van der Waals surface area (Å²) in [7, 11) is -0.949. The number of ether oxygens (including phenoxy) is 2. The van der Waals surface area contributed by atoms with Gasteiger partial charge in [-0.3, -0.25) is 0 Å². The van der Waals surface area contributed by atoms with Crippen molar-refractivity contribution in [2.24, 2.45) is 0 Å². The van der Waals surface area contributed by atoms with Gasteiger partial charge >= 0.3 is 0 Å². The van der Waals surface area contributed by atoms with Crippen molar-refractivity contribution in [3.05, 3.63) is 127 Å². The van der Waals surface area contributed by atoms with Gasteiger partial charge < -0.3 is 19.3 Å². The lowest BCUT2D eigenvalue weighted by Crippen LogP contribution is -2.27. The fraction of sp³-hybridized carbons (Fsp3) is 0. The summed E-state index contributed by atoms with van der Waals surface area (Å²) in [5.41, 5.74) is 6.88. The minimum absolute atomic E-state index is 0.877. The molecule has 43 heavy (non-hydrogen) atoms. The Morgan fingerprint density at radius 1 is 0.442 bits per heavy atom. The Morgan fingerprint density at radius 3 is 1.42 bits per heavy atom. The van der Waals surface area contributed by atoms with Crippen molar-refractivity contribution in [1.82, 2.24) is 0 Å². The maximum absolute atomic E-state index is 6.81. The van der Waals surface area contributed by atoms with E-state index >= 15 is 0 Å². The summed E-state index contributed by atoms with van der Waals surface area (Å²) in [6.45, 7) is 0. The lowest BCUT2D eigenvalue weighted by molar-refractivity contribution is 0.479. The van der Waals surface area contributed by atoms with Crippen molar-refractivity contribution in [3.8, 4) is 23.0 Å². The first-order valence-corrected chi connectivity index (χ1v) is 15.9. The van der Waals surface area contributed by atoms with Gasteiger partial charge in [-0.2, -0.15) is 10.9 Å². The van der Waals surface area contributed by atoms with Crippen LogP contribution >= 0.6 is 10.9 Å². The molecule has 5 heteroatoms. The van der Waals surface area contributed by atoms with E-state index in [4.69, 9.17) is 9.47 Å². The predicted molar refractivity (Wildman–Crippen MR) is 175 cm³/mol. The number of para-hydroxylation sites is 4. The zero-order valence-corrected chi connectivity index (χ0v) is 23.7. The number of fused-ring (bicyclic) bond motifs is 12. The average Bonchev–Trinajstić information content (AvgIpc) is 3.06. The minimum Gasteiger partial charge on any atom is -0.452 e. The van der Waals surface area contributed by atoms with Crippen molar-refractivity contribution in [1.29, 1.82) is 0 Å². The molecule has 4 aliphatic heterocycles. The van der Waals surface area contributed by atoms with Crippen LogP contribution in [-0.2, 0) is 0 Å². The molecule has 0 spiro atoms. The second kappa shape index (κ2) is 7.71. The van der Waals surface area contributed by atoms with Crippen LogP contribution in [0.5, 0.6) is 23.0 Å². The molecule has 0 fully saturated rings. The number of benzene rings is 7. The fourth-order valence-electron chi connectivity index (χ4n) is 7.46. The van der Waals surface area contributed by atoms with E-state index in [1.54, 1.807) is 0 Å². The lowest BCUT2D eigenvalue weighted by atomic mass is 10.0. The Hall–Kier alpha value is -5.39. The zero-order chi connectivity index (χ0) is 27.8. The molecule has 202 valence electrons. The van der Waals surface area contributed by atoms with Crippen LogP contribution < -0.4 is 19.3 Å². The van der Waals surface area contributed by atoms with E-state index in [1.807, 2.05) is 0 Å². The quantitative estimate of drug-likeness (QED) is 0.183. The Morgan fingerprint density at radius 2 is 0.884 bits per heavy atom. The monoisotopic (exact) mass is 570 g/mol. The van der Waals surface area contributed by atoms with Crippen LogP contribution in [0.4, 0.5) is 34.1 Å². The van der Waals surface area contributed by atoms with Crippen molar-refractivity contribution >= 4 is 66.6 Å². The van der Waals surface area contributed by atoms with Gasteiger partial charge in [-0.25, -0.2) is 0 Å². The molecule has 4 heterocycles. The molecule has 0 saturated carbocycles.